The van der Waals surface area contributed by atoms with Crippen LogP contribution in [-0.2, 0) is 19.4 Å². The Bertz CT molecular complexity index is 1140. The number of amides is 2. The van der Waals surface area contributed by atoms with E-state index in [4.69, 9.17) is 4.98 Å². The van der Waals surface area contributed by atoms with E-state index in [1.165, 1.54) is 5.01 Å². The van der Waals surface area contributed by atoms with Crippen LogP contribution in [0.1, 0.15) is 49.6 Å². The molecule has 0 spiro atoms. The first-order valence-corrected chi connectivity index (χ1v) is 13.3. The molecule has 0 aliphatic carbocycles. The van der Waals surface area contributed by atoms with Gasteiger partial charge in [-0.15, -0.1) is 11.3 Å². The highest BCUT2D eigenvalue weighted by Gasteiger charge is 2.39. The van der Waals surface area contributed by atoms with Crippen molar-refractivity contribution < 1.29 is 18.0 Å². The Balaban J connectivity index is 1.41. The number of aromatic nitrogens is 1. The zero-order chi connectivity index (χ0) is 21.6. The third-order valence-corrected chi connectivity index (χ3v) is 9.11. The highest BCUT2D eigenvalue weighted by atomic mass is 32.2. The van der Waals surface area contributed by atoms with Crippen molar-refractivity contribution in [2.24, 2.45) is 5.10 Å². The minimum Gasteiger partial charge on any atom is -0.328 e. The lowest BCUT2D eigenvalue weighted by atomic mass is 10.0. The van der Waals surface area contributed by atoms with Crippen LogP contribution in [0, 0.1) is 0 Å². The molecule has 31 heavy (non-hydrogen) atoms. The molecule has 1 aromatic carbocycles. The van der Waals surface area contributed by atoms with E-state index in [-0.39, 0.29) is 42.2 Å². The number of hydrogen-bond acceptors (Lipinski definition) is 7. The molecular weight excluding hydrogens is 436 g/mol. The molecule has 3 aliphatic heterocycles. The Morgan fingerprint density at radius 1 is 1.13 bits per heavy atom. The number of rotatable bonds is 3. The molecule has 2 aromatic rings. The predicted molar refractivity (Wildman–Crippen MR) is 118 cm³/mol. The van der Waals surface area contributed by atoms with Crippen LogP contribution >= 0.6 is 11.3 Å². The van der Waals surface area contributed by atoms with Gasteiger partial charge in [0.15, 0.2) is 9.84 Å². The number of carbonyl (C=O) groups excluding carboxylic acids is 2. The van der Waals surface area contributed by atoms with Crippen LogP contribution in [0.25, 0.3) is 10.2 Å². The van der Waals surface area contributed by atoms with E-state index in [1.807, 2.05) is 29.2 Å². The number of fused-ring (bicyclic) bond motifs is 1. The summed E-state index contributed by atoms with van der Waals surface area (Å²) < 4.78 is 24.8. The van der Waals surface area contributed by atoms with Gasteiger partial charge < -0.3 is 4.90 Å². The topological polar surface area (TPSA) is 100 Å². The number of likely N-dealkylation sites (tertiary alicyclic amines) is 1. The normalized spacial score (nSPS) is 26.3. The lowest BCUT2D eigenvalue weighted by molar-refractivity contribution is -0.134. The maximum absolute atomic E-state index is 13.5. The zero-order valence-corrected chi connectivity index (χ0v) is 18.7. The highest BCUT2D eigenvalue weighted by molar-refractivity contribution is 7.91. The second-order valence-electron chi connectivity index (χ2n) is 8.37. The van der Waals surface area contributed by atoms with Crippen molar-refractivity contribution in [1.29, 1.82) is 0 Å². The van der Waals surface area contributed by atoms with Crippen molar-refractivity contribution in [2.75, 3.05) is 18.1 Å². The summed E-state index contributed by atoms with van der Waals surface area (Å²) >= 11 is 1.62. The quantitative estimate of drug-likeness (QED) is 0.701. The van der Waals surface area contributed by atoms with Crippen LogP contribution in [0.2, 0.25) is 0 Å². The van der Waals surface area contributed by atoms with Crippen LogP contribution in [0.15, 0.2) is 29.4 Å². The Morgan fingerprint density at radius 2 is 1.97 bits per heavy atom. The maximum Gasteiger partial charge on any atom is 0.270 e. The molecule has 2 amide bonds. The largest absolute Gasteiger partial charge is 0.328 e. The first kappa shape index (κ1) is 20.6. The van der Waals surface area contributed by atoms with Gasteiger partial charge in [-0.2, -0.15) is 5.10 Å². The van der Waals surface area contributed by atoms with Crippen LogP contribution in [0.3, 0.4) is 0 Å². The van der Waals surface area contributed by atoms with E-state index >= 15 is 0 Å². The Labute approximate surface area is 184 Å². The summed E-state index contributed by atoms with van der Waals surface area (Å²) in [6, 6.07) is 7.40. The Kier molecular flexibility index (Phi) is 5.29. The Morgan fingerprint density at radius 3 is 2.74 bits per heavy atom. The highest BCUT2D eigenvalue weighted by Crippen LogP contribution is 2.36. The second kappa shape index (κ2) is 7.98. The molecule has 5 rings (SSSR count). The number of thiazole rings is 1. The molecule has 4 heterocycles. The van der Waals surface area contributed by atoms with Gasteiger partial charge in [0.2, 0.25) is 5.91 Å². The number of benzene rings is 1. The van der Waals surface area contributed by atoms with Crippen molar-refractivity contribution in [3.63, 3.8) is 0 Å². The molecule has 0 saturated carbocycles. The predicted octanol–water partition coefficient (Wildman–Crippen LogP) is 2.52. The first-order valence-electron chi connectivity index (χ1n) is 10.7. The molecule has 0 radical (unpaired) electrons. The summed E-state index contributed by atoms with van der Waals surface area (Å²) in [6.07, 6.45) is 3.64. The molecule has 1 aromatic heterocycles. The van der Waals surface area contributed by atoms with E-state index in [0.29, 0.717) is 18.7 Å². The molecule has 0 unspecified atom stereocenters. The molecule has 10 heteroatoms. The van der Waals surface area contributed by atoms with E-state index in [2.05, 4.69) is 5.10 Å². The van der Waals surface area contributed by atoms with E-state index in [0.717, 1.165) is 34.5 Å². The van der Waals surface area contributed by atoms with Crippen molar-refractivity contribution in [3.8, 4) is 0 Å². The molecular formula is C21H24N4O4S2. The maximum atomic E-state index is 13.5. The number of sulfone groups is 1. The summed E-state index contributed by atoms with van der Waals surface area (Å²) in [6.45, 7) is 0.629. The average Bonchev–Trinajstić information content (AvgIpc) is 3.36. The summed E-state index contributed by atoms with van der Waals surface area (Å²) in [7, 11) is -3.15. The van der Waals surface area contributed by atoms with Gasteiger partial charge in [-0.25, -0.2) is 18.4 Å². The second-order valence-corrected chi connectivity index (χ2v) is 11.7. The Hall–Kier alpha value is -2.33. The number of piperidine rings is 1. The number of para-hydroxylation sites is 1. The van der Waals surface area contributed by atoms with E-state index in [9.17, 15) is 18.0 Å². The lowest BCUT2D eigenvalue weighted by Gasteiger charge is -2.36. The fourth-order valence-electron chi connectivity index (χ4n) is 4.61. The standard InChI is InChI=1S/C21H24N4O4S2/c26-19-9-8-16(23-25(19)14-10-12-31(28,29)13-14)21(27)24-11-4-3-6-17(24)20-22-15-5-1-2-7-18(15)30-20/h1-2,5,7,14,17H,3-4,6,8-13H2/t14-,17-/m0/s1. The van der Waals surface area contributed by atoms with Gasteiger partial charge in [-0.05, 0) is 37.8 Å². The lowest BCUT2D eigenvalue weighted by Crippen LogP contribution is -2.47. The number of hydrogen-bond donors (Lipinski definition) is 0. The van der Waals surface area contributed by atoms with Crippen molar-refractivity contribution >= 4 is 48.9 Å². The van der Waals surface area contributed by atoms with Gasteiger partial charge in [-0.1, -0.05) is 12.1 Å². The third-order valence-electron chi connectivity index (χ3n) is 6.22. The fraction of sp³-hybridized carbons (Fsp3) is 0.524. The van der Waals surface area contributed by atoms with Crippen molar-refractivity contribution in [3.05, 3.63) is 29.3 Å². The molecule has 8 nitrogen and oxygen atoms in total. The van der Waals surface area contributed by atoms with Gasteiger partial charge in [0.1, 0.15) is 10.7 Å². The smallest absolute Gasteiger partial charge is 0.270 e. The van der Waals surface area contributed by atoms with Gasteiger partial charge in [0, 0.05) is 19.4 Å². The molecule has 0 bridgehead atoms. The SMILES string of the molecule is O=C(C1=NN([C@H]2CCS(=O)(=O)C2)C(=O)CC1)N1CCCC[C@H]1c1nc2ccccc2s1. The average molecular weight is 461 g/mol. The molecule has 2 atom stereocenters. The minimum atomic E-state index is -3.15. The fourth-order valence-corrected chi connectivity index (χ4v) is 7.42. The third kappa shape index (κ3) is 3.98. The molecule has 3 aliphatic rings. The van der Waals surface area contributed by atoms with Crippen LogP contribution in [0.4, 0.5) is 0 Å². The van der Waals surface area contributed by atoms with Gasteiger partial charge >= 0.3 is 0 Å². The summed E-state index contributed by atoms with van der Waals surface area (Å²) in [5.74, 6) is -0.393. The van der Waals surface area contributed by atoms with Gasteiger partial charge in [0.25, 0.3) is 5.91 Å². The van der Waals surface area contributed by atoms with E-state index < -0.39 is 15.9 Å². The van der Waals surface area contributed by atoms with Crippen molar-refractivity contribution in [2.45, 2.75) is 50.6 Å². The van der Waals surface area contributed by atoms with Gasteiger partial charge in [0.05, 0.1) is 33.8 Å². The summed E-state index contributed by atoms with van der Waals surface area (Å²) in [4.78, 5) is 32.5. The zero-order valence-electron chi connectivity index (χ0n) is 17.1. The van der Waals surface area contributed by atoms with Crippen molar-refractivity contribution in [1.82, 2.24) is 14.9 Å². The summed E-state index contributed by atoms with van der Waals surface area (Å²) in [5.41, 5.74) is 1.28. The number of nitrogens with zero attached hydrogens (tertiary/aromatic N) is 4. The molecule has 2 fully saturated rings. The molecule has 164 valence electrons. The monoisotopic (exact) mass is 460 g/mol. The first-order chi connectivity index (χ1) is 14.9. The molecule has 2 saturated heterocycles. The van der Waals surface area contributed by atoms with Gasteiger partial charge in [-0.3, -0.25) is 9.59 Å². The van der Waals surface area contributed by atoms with E-state index in [1.54, 1.807) is 11.3 Å². The minimum absolute atomic E-state index is 0.0616. The van der Waals surface area contributed by atoms with Crippen LogP contribution in [0.5, 0.6) is 0 Å². The molecule has 0 N–H and O–H groups in total. The summed E-state index contributed by atoms with van der Waals surface area (Å²) in [5, 5.41) is 6.58. The number of hydrazone groups is 1. The van der Waals surface area contributed by atoms with Crippen LogP contribution in [-0.4, -0.2) is 64.9 Å². The van der Waals surface area contributed by atoms with Crippen LogP contribution < -0.4 is 0 Å². The number of carbonyl (C=O) groups is 2.